The van der Waals surface area contributed by atoms with E-state index in [-0.39, 0.29) is 11.5 Å². The predicted octanol–water partition coefficient (Wildman–Crippen LogP) is 3.07. The number of hydrogen-bond donors (Lipinski definition) is 1. The minimum atomic E-state index is -0.453. The van der Waals surface area contributed by atoms with Gasteiger partial charge in [0.2, 0.25) is 0 Å². The van der Waals surface area contributed by atoms with Gasteiger partial charge in [0.25, 0.3) is 0 Å². The lowest BCUT2D eigenvalue weighted by Crippen LogP contribution is -2.09. The Morgan fingerprint density at radius 1 is 1.53 bits per heavy atom. The molecule has 6 heteroatoms. The van der Waals surface area contributed by atoms with Crippen molar-refractivity contribution >= 4 is 22.3 Å². The van der Waals surface area contributed by atoms with Gasteiger partial charge in [0, 0.05) is 6.54 Å². The maximum Gasteiger partial charge on any atom is 0.360 e. The smallest absolute Gasteiger partial charge is 0.360 e. The van der Waals surface area contributed by atoms with Gasteiger partial charge in [-0.2, -0.15) is 0 Å². The molecule has 0 aliphatic carbocycles. The molecule has 0 saturated carbocycles. The van der Waals surface area contributed by atoms with E-state index in [1.54, 1.807) is 24.6 Å². The van der Waals surface area contributed by atoms with E-state index in [0.29, 0.717) is 18.2 Å². The van der Waals surface area contributed by atoms with Crippen LogP contribution in [0.25, 0.3) is 0 Å². The standard InChI is InChI=1S/C13H13FN2O2S/c1-2-18-13(17)11-12(19-8-16-11)15-7-9-4-3-5-10(14)6-9/h3-6,8,15H,2,7H2,1H3. The van der Waals surface area contributed by atoms with Crippen LogP contribution < -0.4 is 5.32 Å². The monoisotopic (exact) mass is 280 g/mol. The van der Waals surface area contributed by atoms with Gasteiger partial charge in [0.15, 0.2) is 5.69 Å². The van der Waals surface area contributed by atoms with Crippen LogP contribution in [-0.4, -0.2) is 17.6 Å². The highest BCUT2D eigenvalue weighted by atomic mass is 32.1. The molecule has 19 heavy (non-hydrogen) atoms. The molecule has 1 aromatic carbocycles. The maximum atomic E-state index is 13.0. The van der Waals surface area contributed by atoms with Crippen molar-refractivity contribution in [2.45, 2.75) is 13.5 Å². The number of ether oxygens (including phenoxy) is 1. The molecule has 0 spiro atoms. The highest BCUT2D eigenvalue weighted by molar-refractivity contribution is 7.14. The molecular weight excluding hydrogens is 267 g/mol. The number of rotatable bonds is 5. The van der Waals surface area contributed by atoms with E-state index in [1.807, 2.05) is 0 Å². The first-order chi connectivity index (χ1) is 9.20. The van der Waals surface area contributed by atoms with Gasteiger partial charge in [-0.15, -0.1) is 11.3 Å². The molecular formula is C13H13FN2O2S. The molecule has 0 fully saturated rings. The van der Waals surface area contributed by atoms with E-state index < -0.39 is 5.97 Å². The Balaban J connectivity index is 2.04. The van der Waals surface area contributed by atoms with Crippen LogP contribution in [0.5, 0.6) is 0 Å². The first-order valence-corrected chi connectivity index (χ1v) is 6.67. The number of esters is 1. The van der Waals surface area contributed by atoms with Gasteiger partial charge < -0.3 is 10.1 Å². The van der Waals surface area contributed by atoms with Crippen molar-refractivity contribution in [3.8, 4) is 0 Å². The summed E-state index contributed by atoms with van der Waals surface area (Å²) in [5, 5.41) is 3.69. The van der Waals surface area contributed by atoms with Gasteiger partial charge in [-0.3, -0.25) is 0 Å². The lowest BCUT2D eigenvalue weighted by molar-refractivity contribution is 0.0521. The number of carbonyl (C=O) groups is 1. The normalized spacial score (nSPS) is 10.2. The van der Waals surface area contributed by atoms with Crippen LogP contribution in [0.4, 0.5) is 9.39 Å². The largest absolute Gasteiger partial charge is 0.461 e. The number of benzene rings is 1. The first kappa shape index (κ1) is 13.5. The Labute approximate surface area is 114 Å². The van der Waals surface area contributed by atoms with Crippen LogP contribution >= 0.6 is 11.3 Å². The Morgan fingerprint density at radius 3 is 3.11 bits per heavy atom. The molecule has 1 aromatic heterocycles. The number of thiazole rings is 1. The van der Waals surface area contributed by atoms with Gasteiger partial charge in [0.05, 0.1) is 12.1 Å². The minimum absolute atomic E-state index is 0.267. The third kappa shape index (κ3) is 3.51. The van der Waals surface area contributed by atoms with Crippen molar-refractivity contribution in [1.82, 2.24) is 4.98 Å². The van der Waals surface area contributed by atoms with Gasteiger partial charge in [-0.25, -0.2) is 14.2 Å². The topological polar surface area (TPSA) is 51.2 Å². The zero-order valence-electron chi connectivity index (χ0n) is 10.4. The van der Waals surface area contributed by atoms with Crippen LogP contribution in [0.2, 0.25) is 0 Å². The van der Waals surface area contributed by atoms with E-state index in [9.17, 15) is 9.18 Å². The molecule has 0 amide bonds. The highest BCUT2D eigenvalue weighted by Gasteiger charge is 2.15. The number of nitrogens with one attached hydrogen (secondary N) is 1. The molecule has 0 bridgehead atoms. The third-order valence-corrected chi connectivity index (χ3v) is 3.16. The summed E-state index contributed by atoms with van der Waals surface area (Å²) in [6.45, 7) is 2.47. The fourth-order valence-corrected chi connectivity index (χ4v) is 2.21. The van der Waals surface area contributed by atoms with Crippen LogP contribution in [0.3, 0.4) is 0 Å². The number of halogens is 1. The quantitative estimate of drug-likeness (QED) is 0.855. The molecule has 1 N–H and O–H groups in total. The van der Waals surface area contributed by atoms with Crippen LogP contribution in [0.1, 0.15) is 23.0 Å². The summed E-state index contributed by atoms with van der Waals surface area (Å²) in [7, 11) is 0. The fraction of sp³-hybridized carbons (Fsp3) is 0.231. The van der Waals surface area contributed by atoms with E-state index >= 15 is 0 Å². The van der Waals surface area contributed by atoms with E-state index in [0.717, 1.165) is 5.56 Å². The van der Waals surface area contributed by atoms with Gasteiger partial charge in [-0.1, -0.05) is 12.1 Å². The zero-order chi connectivity index (χ0) is 13.7. The Bertz CT molecular complexity index is 571. The van der Waals surface area contributed by atoms with E-state index in [2.05, 4.69) is 10.3 Å². The number of nitrogens with zero attached hydrogens (tertiary/aromatic N) is 1. The van der Waals surface area contributed by atoms with Crippen molar-refractivity contribution in [3.05, 3.63) is 46.9 Å². The molecule has 2 rings (SSSR count). The van der Waals surface area contributed by atoms with Crippen molar-refractivity contribution in [1.29, 1.82) is 0 Å². The number of hydrogen-bond acceptors (Lipinski definition) is 5. The highest BCUT2D eigenvalue weighted by Crippen LogP contribution is 2.21. The average Bonchev–Trinajstić information content (AvgIpc) is 2.85. The summed E-state index contributed by atoms with van der Waals surface area (Å²) in [5.74, 6) is -0.736. The van der Waals surface area contributed by atoms with Gasteiger partial charge in [-0.05, 0) is 24.6 Å². The van der Waals surface area contributed by atoms with Gasteiger partial charge >= 0.3 is 5.97 Å². The lowest BCUT2D eigenvalue weighted by Gasteiger charge is -2.06. The molecule has 0 unspecified atom stereocenters. The van der Waals surface area contributed by atoms with Crippen molar-refractivity contribution < 1.29 is 13.9 Å². The first-order valence-electron chi connectivity index (χ1n) is 5.79. The Morgan fingerprint density at radius 2 is 2.37 bits per heavy atom. The van der Waals surface area contributed by atoms with Crippen LogP contribution in [0, 0.1) is 5.82 Å². The number of carbonyl (C=O) groups excluding carboxylic acids is 1. The molecule has 0 radical (unpaired) electrons. The molecule has 0 saturated heterocycles. The summed E-state index contributed by atoms with van der Waals surface area (Å²) in [4.78, 5) is 15.6. The van der Waals surface area contributed by atoms with Crippen molar-refractivity contribution in [2.24, 2.45) is 0 Å². The molecule has 0 atom stereocenters. The Hall–Kier alpha value is -1.95. The molecule has 2 aromatic rings. The second kappa shape index (κ2) is 6.29. The molecule has 1 heterocycles. The summed E-state index contributed by atoms with van der Waals surface area (Å²) in [5.41, 5.74) is 2.63. The van der Waals surface area contributed by atoms with E-state index in [4.69, 9.17) is 4.74 Å². The second-order valence-corrected chi connectivity index (χ2v) is 4.59. The predicted molar refractivity (Wildman–Crippen MR) is 71.8 cm³/mol. The Kier molecular flexibility index (Phi) is 4.46. The van der Waals surface area contributed by atoms with Crippen molar-refractivity contribution in [3.63, 3.8) is 0 Å². The van der Waals surface area contributed by atoms with E-state index in [1.165, 1.54) is 23.5 Å². The fourth-order valence-electron chi connectivity index (χ4n) is 1.55. The zero-order valence-corrected chi connectivity index (χ0v) is 11.2. The molecule has 0 aliphatic heterocycles. The third-order valence-electron chi connectivity index (χ3n) is 2.38. The molecule has 0 aliphatic rings. The van der Waals surface area contributed by atoms with Crippen molar-refractivity contribution in [2.75, 3.05) is 11.9 Å². The average molecular weight is 280 g/mol. The maximum absolute atomic E-state index is 13.0. The lowest BCUT2D eigenvalue weighted by atomic mass is 10.2. The minimum Gasteiger partial charge on any atom is -0.461 e. The summed E-state index contributed by atoms with van der Waals surface area (Å²) in [6, 6.07) is 6.28. The number of aromatic nitrogens is 1. The SMILES string of the molecule is CCOC(=O)c1ncsc1NCc1cccc(F)c1. The summed E-state index contributed by atoms with van der Waals surface area (Å²) >= 11 is 1.31. The summed E-state index contributed by atoms with van der Waals surface area (Å²) in [6.07, 6.45) is 0. The van der Waals surface area contributed by atoms with Crippen LogP contribution in [0.15, 0.2) is 29.8 Å². The second-order valence-electron chi connectivity index (χ2n) is 3.73. The molecule has 4 nitrogen and oxygen atoms in total. The number of anilines is 1. The van der Waals surface area contributed by atoms with Crippen LogP contribution in [-0.2, 0) is 11.3 Å². The molecule has 100 valence electrons. The van der Waals surface area contributed by atoms with Gasteiger partial charge in [0.1, 0.15) is 10.8 Å². The summed E-state index contributed by atoms with van der Waals surface area (Å²) < 4.78 is 17.9.